The lowest BCUT2D eigenvalue weighted by Crippen LogP contribution is -2.23. The normalized spacial score (nSPS) is 17.2. The Bertz CT molecular complexity index is 1590. The molecule has 0 unspecified atom stereocenters. The quantitative estimate of drug-likeness (QED) is 0.142. The molecular formula is C32H38N8O4+2. The number of carbonyl (C=O) groups is 2. The molecule has 0 radical (unpaired) electrons. The fraction of sp³-hybridized carbons (Fsp3) is 0.438. The van der Waals surface area contributed by atoms with E-state index in [1.54, 1.807) is 36.4 Å². The van der Waals surface area contributed by atoms with Crippen LogP contribution in [0.25, 0.3) is 0 Å². The predicted octanol–water partition coefficient (Wildman–Crippen LogP) is 2.50. The van der Waals surface area contributed by atoms with Crippen molar-refractivity contribution in [1.82, 2.24) is 30.0 Å². The Balaban J connectivity index is 1.01. The van der Waals surface area contributed by atoms with E-state index in [1.165, 1.54) is 26.2 Å². The molecule has 2 aromatic heterocycles. The average molecular weight is 599 g/mol. The Morgan fingerprint density at radius 3 is 1.52 bits per heavy atom. The second-order valence-electron chi connectivity index (χ2n) is 12.8. The van der Waals surface area contributed by atoms with Crippen molar-refractivity contribution < 1.29 is 28.0 Å². The fourth-order valence-corrected chi connectivity index (χ4v) is 5.77. The lowest BCUT2D eigenvalue weighted by Gasteiger charge is -2.22. The highest BCUT2D eigenvalue weighted by molar-refractivity contribution is 6.30. The number of likely N-dealkylation sites (N-methyl/N-ethyl adjacent to an activating group) is 2. The van der Waals surface area contributed by atoms with Crippen LogP contribution in [0, 0.1) is 0 Å². The number of fused-ring (bicyclic) bond motifs is 2. The topological polar surface area (TPSA) is 114 Å². The van der Waals surface area contributed by atoms with Gasteiger partial charge in [0.25, 0.3) is 0 Å². The maximum absolute atomic E-state index is 13.8. The third kappa shape index (κ3) is 6.00. The zero-order valence-electron chi connectivity index (χ0n) is 25.3. The number of benzene rings is 2. The average Bonchev–Trinajstić information content (AvgIpc) is 3.80. The number of nitrogens with zero attached hydrogens (tertiary/aromatic N) is 8. The van der Waals surface area contributed by atoms with Crippen LogP contribution < -0.4 is 9.47 Å². The van der Waals surface area contributed by atoms with Gasteiger partial charge in [-0.1, -0.05) is 34.7 Å². The molecule has 7 rings (SSSR count). The summed E-state index contributed by atoms with van der Waals surface area (Å²) < 4.78 is 18.0. The summed E-state index contributed by atoms with van der Waals surface area (Å²) in [5.41, 5.74) is 2.42. The van der Waals surface area contributed by atoms with Gasteiger partial charge in [0, 0.05) is 37.1 Å². The highest BCUT2D eigenvalue weighted by Crippen LogP contribution is 2.37. The number of hydrogen-bond donors (Lipinski definition) is 0. The van der Waals surface area contributed by atoms with Gasteiger partial charge < -0.3 is 18.4 Å². The van der Waals surface area contributed by atoms with E-state index in [2.05, 4.69) is 34.7 Å². The summed E-state index contributed by atoms with van der Waals surface area (Å²) in [7, 11) is 4.54. The molecule has 2 aromatic carbocycles. The van der Waals surface area contributed by atoms with Crippen LogP contribution in [-0.4, -0.2) is 104 Å². The van der Waals surface area contributed by atoms with Crippen molar-refractivity contribution >= 4 is 11.6 Å². The van der Waals surface area contributed by atoms with Gasteiger partial charge in [-0.15, -0.1) is 10.2 Å². The molecule has 0 N–H and O–H groups in total. The monoisotopic (exact) mass is 598 g/mol. The summed E-state index contributed by atoms with van der Waals surface area (Å²) in [6.45, 7) is 9.14. The molecule has 3 aliphatic rings. The van der Waals surface area contributed by atoms with Gasteiger partial charge in [-0.25, -0.2) is 0 Å². The third-order valence-electron chi connectivity index (χ3n) is 9.06. The first kappa shape index (κ1) is 28.4. The molecule has 2 aliphatic heterocycles. The number of ketones is 2. The van der Waals surface area contributed by atoms with E-state index >= 15 is 0 Å². The first-order valence-corrected chi connectivity index (χ1v) is 15.4. The Morgan fingerprint density at radius 1 is 0.682 bits per heavy atom. The number of aromatic nitrogens is 6. The van der Waals surface area contributed by atoms with Crippen molar-refractivity contribution in [1.29, 1.82) is 0 Å². The minimum Gasteiger partial charge on any atom is -0.486 e. The summed E-state index contributed by atoms with van der Waals surface area (Å²) in [5.74, 6) is 0.134. The van der Waals surface area contributed by atoms with Gasteiger partial charge in [-0.05, 0) is 12.1 Å². The van der Waals surface area contributed by atoms with E-state index in [0.29, 0.717) is 34.0 Å². The molecule has 12 nitrogen and oxygen atoms in total. The van der Waals surface area contributed by atoms with Crippen LogP contribution in [0.5, 0.6) is 11.5 Å². The van der Waals surface area contributed by atoms with Gasteiger partial charge in [-0.3, -0.25) is 19.0 Å². The van der Waals surface area contributed by atoms with Crippen molar-refractivity contribution in [3.05, 3.63) is 82.4 Å². The molecule has 228 valence electrons. The number of rotatable bonds is 14. The Kier molecular flexibility index (Phi) is 7.25. The smallest absolute Gasteiger partial charge is 0.198 e. The molecule has 0 saturated carbocycles. The third-order valence-corrected chi connectivity index (χ3v) is 9.06. The van der Waals surface area contributed by atoms with Gasteiger partial charge in [0.15, 0.2) is 11.6 Å². The van der Waals surface area contributed by atoms with Gasteiger partial charge >= 0.3 is 0 Å². The van der Waals surface area contributed by atoms with Crippen molar-refractivity contribution in [3.8, 4) is 11.5 Å². The number of aryl methyl sites for hydroxylation is 2. The van der Waals surface area contributed by atoms with Crippen LogP contribution in [0.3, 0.4) is 0 Å². The van der Waals surface area contributed by atoms with E-state index in [1.807, 2.05) is 21.8 Å². The van der Waals surface area contributed by atoms with Crippen LogP contribution in [0.2, 0.25) is 0 Å². The molecule has 0 spiro atoms. The minimum atomic E-state index is -0.278. The molecule has 2 saturated heterocycles. The number of ether oxygens (including phenoxy) is 2. The lowest BCUT2D eigenvalue weighted by molar-refractivity contribution is -0.777. The number of carbonyl (C=O) groups excluding carboxylic acids is 2. The zero-order valence-corrected chi connectivity index (χ0v) is 25.3. The Morgan fingerprint density at radius 2 is 1.11 bits per heavy atom. The maximum atomic E-state index is 13.8. The highest BCUT2D eigenvalue weighted by atomic mass is 16.5. The highest BCUT2D eigenvalue weighted by Gasteiger charge is 2.37. The summed E-state index contributed by atoms with van der Waals surface area (Å²) in [4.78, 5) is 27.5. The van der Waals surface area contributed by atoms with E-state index in [0.717, 1.165) is 48.0 Å². The van der Waals surface area contributed by atoms with Crippen molar-refractivity contribution in [3.63, 3.8) is 0 Å². The molecule has 12 heteroatoms. The van der Waals surface area contributed by atoms with Crippen molar-refractivity contribution in [2.24, 2.45) is 0 Å². The van der Waals surface area contributed by atoms with Gasteiger partial charge in [0.1, 0.15) is 62.3 Å². The summed E-state index contributed by atoms with van der Waals surface area (Å²) in [5, 5.41) is 16.9. The Hall–Kier alpha value is -4.42. The molecule has 1 aliphatic carbocycles. The van der Waals surface area contributed by atoms with Crippen molar-refractivity contribution in [2.75, 3.05) is 53.4 Å². The molecule has 0 bridgehead atoms. The summed E-state index contributed by atoms with van der Waals surface area (Å²) in [6.07, 6.45) is 5.81. The zero-order chi connectivity index (χ0) is 30.3. The standard InChI is InChI=1S/C32H38N8O4/c1-39(15-16-39)13-5-11-37-19-23(33-35-37)21-43-27-9-3-7-25-29(27)31(41)26-8-4-10-28(30(26)32(25)42)44-22-24-20-38(36-34-24)12-6-14-40(2)17-18-40/h3-4,7-10,19-20H,5-6,11-18,21-22H2,1-2H3/q+2. The van der Waals surface area contributed by atoms with Crippen LogP contribution in [0.15, 0.2) is 48.8 Å². The molecule has 44 heavy (non-hydrogen) atoms. The molecule has 0 amide bonds. The van der Waals surface area contributed by atoms with Crippen LogP contribution >= 0.6 is 0 Å². The Labute approximate surface area is 256 Å². The van der Waals surface area contributed by atoms with E-state index < -0.39 is 0 Å². The largest absolute Gasteiger partial charge is 0.486 e. The summed E-state index contributed by atoms with van der Waals surface area (Å²) in [6, 6.07) is 10.2. The fourth-order valence-electron chi connectivity index (χ4n) is 5.77. The van der Waals surface area contributed by atoms with E-state index in [4.69, 9.17) is 9.47 Å². The predicted molar refractivity (Wildman–Crippen MR) is 159 cm³/mol. The van der Waals surface area contributed by atoms with Gasteiger partial charge in [0.2, 0.25) is 0 Å². The molecule has 2 fully saturated rings. The number of quaternary nitrogens is 2. The summed E-state index contributed by atoms with van der Waals surface area (Å²) >= 11 is 0. The first-order valence-electron chi connectivity index (χ1n) is 15.4. The molecular weight excluding hydrogens is 560 g/mol. The van der Waals surface area contributed by atoms with Crippen LogP contribution in [-0.2, 0) is 26.3 Å². The van der Waals surface area contributed by atoms with Crippen LogP contribution in [0.4, 0.5) is 0 Å². The molecule has 4 heterocycles. The van der Waals surface area contributed by atoms with Gasteiger partial charge in [0.05, 0.1) is 50.7 Å². The van der Waals surface area contributed by atoms with Crippen molar-refractivity contribution in [2.45, 2.75) is 39.1 Å². The second kappa shape index (κ2) is 11.3. The lowest BCUT2D eigenvalue weighted by atomic mass is 9.83. The number of hydrogen-bond acceptors (Lipinski definition) is 8. The minimum absolute atomic E-state index is 0.140. The molecule has 4 aromatic rings. The molecule has 0 atom stereocenters. The van der Waals surface area contributed by atoms with Crippen LogP contribution in [0.1, 0.15) is 56.1 Å². The SMILES string of the molecule is C[N+]1(CCCn2cc(COc3cccc4c3C(=O)c3cccc(OCc5cn(CCC[N+]6(C)CC6)nn5)c3C4=O)nn2)CC1. The van der Waals surface area contributed by atoms with E-state index in [9.17, 15) is 9.59 Å². The maximum Gasteiger partial charge on any atom is 0.198 e. The first-order chi connectivity index (χ1) is 21.3. The van der Waals surface area contributed by atoms with E-state index in [-0.39, 0.29) is 35.9 Å². The second-order valence-corrected chi connectivity index (χ2v) is 12.8. The van der Waals surface area contributed by atoms with Gasteiger partial charge in [-0.2, -0.15) is 0 Å².